The molecule has 1 saturated heterocycles. The van der Waals surface area contributed by atoms with Gasteiger partial charge in [0.05, 0.1) is 6.10 Å². The van der Waals surface area contributed by atoms with Gasteiger partial charge in [0, 0.05) is 37.4 Å². The lowest BCUT2D eigenvalue weighted by atomic mass is 9.97. The number of hydrogen-bond acceptors (Lipinski definition) is 3. The predicted molar refractivity (Wildman–Crippen MR) is 86.6 cm³/mol. The number of aliphatic hydroxyl groups excluding tert-OH is 1. The summed E-state index contributed by atoms with van der Waals surface area (Å²) in [6.07, 6.45) is 6.66. The van der Waals surface area contributed by atoms with Crippen molar-refractivity contribution in [3.05, 3.63) is 65.5 Å². The van der Waals surface area contributed by atoms with Gasteiger partial charge >= 0.3 is 0 Å². The van der Waals surface area contributed by atoms with Gasteiger partial charge in [0.25, 0.3) is 0 Å². The molecule has 0 saturated carbocycles. The van der Waals surface area contributed by atoms with Gasteiger partial charge in [-0.15, -0.1) is 0 Å². The third kappa shape index (κ3) is 2.67. The molecule has 114 valence electrons. The van der Waals surface area contributed by atoms with Crippen molar-refractivity contribution in [1.82, 2.24) is 9.88 Å². The van der Waals surface area contributed by atoms with Gasteiger partial charge in [0.1, 0.15) is 0 Å². The van der Waals surface area contributed by atoms with E-state index in [0.29, 0.717) is 12.0 Å². The molecule has 1 aromatic carbocycles. The standard InChI is InChI=1S/C19H22N2O/c22-19-13-21(12-17(19)9-14-5-7-20-8-6-14)18-10-15-3-1-2-4-16(15)11-18/h1-8,17-19,22H,9-13H2/t17-,19-/m1/s1. The van der Waals surface area contributed by atoms with Crippen LogP contribution in [0.4, 0.5) is 0 Å². The Kier molecular flexibility index (Phi) is 3.68. The molecule has 1 aliphatic heterocycles. The molecule has 22 heavy (non-hydrogen) atoms. The van der Waals surface area contributed by atoms with Crippen LogP contribution in [0.1, 0.15) is 16.7 Å². The van der Waals surface area contributed by atoms with E-state index in [1.54, 1.807) is 0 Å². The molecule has 0 amide bonds. The molecule has 1 fully saturated rings. The summed E-state index contributed by atoms with van der Waals surface area (Å²) in [4.78, 5) is 6.56. The lowest BCUT2D eigenvalue weighted by Gasteiger charge is -2.23. The molecule has 1 N–H and O–H groups in total. The monoisotopic (exact) mass is 294 g/mol. The Morgan fingerprint density at radius 3 is 2.36 bits per heavy atom. The molecule has 0 radical (unpaired) electrons. The van der Waals surface area contributed by atoms with E-state index in [9.17, 15) is 5.11 Å². The number of rotatable bonds is 3. The van der Waals surface area contributed by atoms with Crippen molar-refractivity contribution < 1.29 is 5.11 Å². The molecule has 4 rings (SSSR count). The van der Waals surface area contributed by atoms with Crippen molar-refractivity contribution in [2.24, 2.45) is 5.92 Å². The van der Waals surface area contributed by atoms with Crippen LogP contribution >= 0.6 is 0 Å². The second-order valence-electron chi connectivity index (χ2n) is 6.67. The van der Waals surface area contributed by atoms with Crippen molar-refractivity contribution in [2.75, 3.05) is 13.1 Å². The van der Waals surface area contributed by atoms with Crippen LogP contribution in [-0.4, -0.2) is 40.2 Å². The molecular weight excluding hydrogens is 272 g/mol. The van der Waals surface area contributed by atoms with Crippen molar-refractivity contribution in [3.8, 4) is 0 Å². The molecular formula is C19H22N2O. The summed E-state index contributed by atoms with van der Waals surface area (Å²) in [6, 6.07) is 13.4. The molecule has 3 nitrogen and oxygen atoms in total. The maximum atomic E-state index is 10.4. The number of aromatic nitrogens is 1. The van der Waals surface area contributed by atoms with E-state index in [-0.39, 0.29) is 6.10 Å². The first kappa shape index (κ1) is 13.9. The van der Waals surface area contributed by atoms with Crippen LogP contribution in [0.15, 0.2) is 48.8 Å². The van der Waals surface area contributed by atoms with Gasteiger partial charge < -0.3 is 5.11 Å². The molecule has 0 bridgehead atoms. The quantitative estimate of drug-likeness (QED) is 0.941. The molecule has 1 aromatic heterocycles. The van der Waals surface area contributed by atoms with E-state index in [0.717, 1.165) is 32.4 Å². The van der Waals surface area contributed by atoms with Gasteiger partial charge in [-0.1, -0.05) is 24.3 Å². The molecule has 0 spiro atoms. The Balaban J connectivity index is 1.42. The fourth-order valence-corrected chi connectivity index (χ4v) is 4.00. The summed E-state index contributed by atoms with van der Waals surface area (Å²) in [6.45, 7) is 1.82. The lowest BCUT2D eigenvalue weighted by molar-refractivity contribution is 0.136. The summed E-state index contributed by atoms with van der Waals surface area (Å²) in [5.41, 5.74) is 4.25. The summed E-state index contributed by atoms with van der Waals surface area (Å²) < 4.78 is 0. The van der Waals surface area contributed by atoms with Crippen molar-refractivity contribution >= 4 is 0 Å². The summed E-state index contributed by atoms with van der Waals surface area (Å²) in [5, 5.41) is 10.4. The van der Waals surface area contributed by atoms with Gasteiger partial charge in [-0.05, 0) is 48.1 Å². The Morgan fingerprint density at radius 1 is 1.00 bits per heavy atom. The molecule has 1 aliphatic carbocycles. The van der Waals surface area contributed by atoms with Gasteiger partial charge in [-0.25, -0.2) is 0 Å². The van der Waals surface area contributed by atoms with Crippen molar-refractivity contribution in [1.29, 1.82) is 0 Å². The van der Waals surface area contributed by atoms with Gasteiger partial charge in [0.15, 0.2) is 0 Å². The summed E-state index contributed by atoms with van der Waals surface area (Å²) in [7, 11) is 0. The largest absolute Gasteiger partial charge is 0.391 e. The maximum Gasteiger partial charge on any atom is 0.0710 e. The van der Waals surface area contributed by atoms with Gasteiger partial charge in [-0.3, -0.25) is 9.88 Å². The molecule has 2 heterocycles. The van der Waals surface area contributed by atoms with E-state index < -0.39 is 0 Å². The van der Waals surface area contributed by atoms with E-state index in [1.807, 2.05) is 12.4 Å². The minimum atomic E-state index is -0.211. The minimum absolute atomic E-state index is 0.211. The zero-order chi connectivity index (χ0) is 14.9. The zero-order valence-corrected chi connectivity index (χ0v) is 12.7. The van der Waals surface area contributed by atoms with Crippen LogP contribution in [0.3, 0.4) is 0 Å². The second-order valence-corrected chi connectivity index (χ2v) is 6.67. The van der Waals surface area contributed by atoms with Crippen LogP contribution in [0.5, 0.6) is 0 Å². The van der Waals surface area contributed by atoms with E-state index >= 15 is 0 Å². The summed E-state index contributed by atoms with van der Waals surface area (Å²) in [5.74, 6) is 0.339. The number of fused-ring (bicyclic) bond motifs is 1. The highest BCUT2D eigenvalue weighted by Crippen LogP contribution is 2.30. The van der Waals surface area contributed by atoms with E-state index in [2.05, 4.69) is 46.3 Å². The Morgan fingerprint density at radius 2 is 1.68 bits per heavy atom. The highest BCUT2D eigenvalue weighted by Gasteiger charge is 2.37. The van der Waals surface area contributed by atoms with Crippen LogP contribution < -0.4 is 0 Å². The number of nitrogens with zero attached hydrogens (tertiary/aromatic N) is 2. The topological polar surface area (TPSA) is 36.4 Å². The van der Waals surface area contributed by atoms with Crippen molar-refractivity contribution in [3.63, 3.8) is 0 Å². The first-order chi connectivity index (χ1) is 10.8. The zero-order valence-electron chi connectivity index (χ0n) is 12.7. The Bertz CT molecular complexity index is 618. The van der Waals surface area contributed by atoms with Gasteiger partial charge in [0.2, 0.25) is 0 Å². The fraction of sp³-hybridized carbons (Fsp3) is 0.421. The van der Waals surface area contributed by atoms with Crippen LogP contribution in [0.25, 0.3) is 0 Å². The first-order valence-corrected chi connectivity index (χ1v) is 8.17. The lowest BCUT2D eigenvalue weighted by Crippen LogP contribution is -2.34. The first-order valence-electron chi connectivity index (χ1n) is 8.17. The van der Waals surface area contributed by atoms with E-state index in [4.69, 9.17) is 0 Å². The average Bonchev–Trinajstić information content (AvgIpc) is 3.12. The normalized spacial score (nSPS) is 25.5. The smallest absolute Gasteiger partial charge is 0.0710 e. The molecule has 2 aliphatic rings. The Hall–Kier alpha value is -1.71. The highest BCUT2D eigenvalue weighted by atomic mass is 16.3. The number of pyridine rings is 1. The van der Waals surface area contributed by atoms with Crippen LogP contribution in [0, 0.1) is 5.92 Å². The van der Waals surface area contributed by atoms with Crippen molar-refractivity contribution in [2.45, 2.75) is 31.4 Å². The number of hydrogen-bond donors (Lipinski definition) is 1. The summed E-state index contributed by atoms with van der Waals surface area (Å²) >= 11 is 0. The Labute approximate surface area is 131 Å². The number of β-amino-alcohol motifs (C(OH)–C–C–N with tert-alkyl or cyclic N) is 1. The fourth-order valence-electron chi connectivity index (χ4n) is 4.00. The third-order valence-corrected chi connectivity index (χ3v) is 5.23. The minimum Gasteiger partial charge on any atom is -0.391 e. The second kappa shape index (κ2) is 5.82. The predicted octanol–water partition coefficient (Wildman–Crippen LogP) is 2.08. The highest BCUT2D eigenvalue weighted by molar-refractivity contribution is 5.33. The third-order valence-electron chi connectivity index (χ3n) is 5.23. The average molecular weight is 294 g/mol. The molecule has 3 heteroatoms. The van der Waals surface area contributed by atoms with Crippen LogP contribution in [-0.2, 0) is 19.3 Å². The molecule has 2 atom stereocenters. The SMILES string of the molecule is O[C@@H]1CN(C2Cc3ccccc3C2)C[C@H]1Cc1ccncc1. The van der Waals surface area contributed by atoms with Gasteiger partial charge in [-0.2, -0.15) is 0 Å². The number of benzene rings is 1. The molecule has 2 aromatic rings. The van der Waals surface area contributed by atoms with Crippen LogP contribution in [0.2, 0.25) is 0 Å². The number of aliphatic hydroxyl groups is 1. The number of likely N-dealkylation sites (tertiary alicyclic amines) is 1. The van der Waals surface area contributed by atoms with E-state index in [1.165, 1.54) is 16.7 Å². The maximum absolute atomic E-state index is 10.4. The molecule has 0 unspecified atom stereocenters.